The number of nitrogens with one attached hydrogen (secondary N) is 1. The molecule has 2 aromatic carbocycles. The fraction of sp³-hybridized carbons (Fsp3) is 0.118. The number of alkyl halides is 2. The Kier molecular flexibility index (Phi) is 4.44. The van der Waals surface area contributed by atoms with E-state index >= 15 is 0 Å². The number of thiophene rings is 1. The lowest BCUT2D eigenvalue weighted by Gasteiger charge is -2.11. The summed E-state index contributed by atoms with van der Waals surface area (Å²) in [5, 5.41) is 2.94. The van der Waals surface area contributed by atoms with Crippen molar-refractivity contribution in [2.24, 2.45) is 0 Å². The van der Waals surface area contributed by atoms with Gasteiger partial charge in [0.05, 0.1) is 10.6 Å². The summed E-state index contributed by atoms with van der Waals surface area (Å²) >= 11 is 1.14. The van der Waals surface area contributed by atoms with Gasteiger partial charge in [-0.3, -0.25) is 4.79 Å². The highest BCUT2D eigenvalue weighted by Crippen LogP contribution is 2.34. The number of rotatable bonds is 4. The van der Waals surface area contributed by atoms with Crippen LogP contribution in [0.15, 0.2) is 42.5 Å². The van der Waals surface area contributed by atoms with Gasteiger partial charge in [-0.2, -0.15) is 8.78 Å². The zero-order valence-electron chi connectivity index (χ0n) is 12.5. The summed E-state index contributed by atoms with van der Waals surface area (Å²) in [6, 6.07) is 10.5. The van der Waals surface area contributed by atoms with Crippen molar-refractivity contribution in [2.75, 3.05) is 5.32 Å². The maximum absolute atomic E-state index is 13.9. The predicted octanol–water partition coefficient (Wildman–Crippen LogP) is 5.20. The van der Waals surface area contributed by atoms with Gasteiger partial charge in [0.1, 0.15) is 11.6 Å². The van der Waals surface area contributed by atoms with Gasteiger partial charge in [0.15, 0.2) is 0 Å². The van der Waals surface area contributed by atoms with Crippen molar-refractivity contribution in [3.63, 3.8) is 0 Å². The van der Waals surface area contributed by atoms with Crippen molar-refractivity contribution >= 4 is 33.0 Å². The maximum atomic E-state index is 13.9. The highest BCUT2D eigenvalue weighted by atomic mass is 32.1. The topological polar surface area (TPSA) is 38.3 Å². The molecule has 1 aromatic heterocycles. The summed E-state index contributed by atoms with van der Waals surface area (Å²) in [6.07, 6.45) is 0. The average Bonchev–Trinajstić information content (AvgIpc) is 2.87. The number of carbonyl (C=O) groups is 1. The van der Waals surface area contributed by atoms with Crippen LogP contribution in [0, 0.1) is 12.7 Å². The number of carbonyl (C=O) groups excluding carboxylic acids is 1. The molecule has 3 nitrogen and oxygen atoms in total. The summed E-state index contributed by atoms with van der Waals surface area (Å²) in [6.45, 7) is -1.35. The normalized spacial score (nSPS) is 11.0. The molecule has 0 radical (unpaired) electrons. The molecule has 3 rings (SSSR count). The molecule has 1 amide bonds. The lowest BCUT2D eigenvalue weighted by atomic mass is 10.1. The van der Waals surface area contributed by atoms with E-state index in [2.05, 4.69) is 10.1 Å². The molecule has 7 heteroatoms. The van der Waals surface area contributed by atoms with Gasteiger partial charge in [0, 0.05) is 10.1 Å². The molecule has 124 valence electrons. The van der Waals surface area contributed by atoms with Crippen LogP contribution in [0.5, 0.6) is 5.75 Å². The van der Waals surface area contributed by atoms with Gasteiger partial charge in [0.25, 0.3) is 5.91 Å². The second-order valence-corrected chi connectivity index (χ2v) is 6.05. The Morgan fingerprint density at radius 1 is 1.17 bits per heavy atom. The number of hydrogen-bond donors (Lipinski definition) is 1. The van der Waals surface area contributed by atoms with Crippen LogP contribution in [0.2, 0.25) is 0 Å². The quantitative estimate of drug-likeness (QED) is 0.701. The predicted molar refractivity (Wildman–Crippen MR) is 87.5 cm³/mol. The number of halogens is 3. The van der Waals surface area contributed by atoms with Crippen molar-refractivity contribution in [3.8, 4) is 5.75 Å². The first-order valence-electron chi connectivity index (χ1n) is 7.00. The molecule has 0 atom stereocenters. The Morgan fingerprint density at radius 2 is 1.92 bits per heavy atom. The third kappa shape index (κ3) is 3.07. The molecule has 0 aliphatic rings. The van der Waals surface area contributed by atoms with Gasteiger partial charge in [0.2, 0.25) is 0 Å². The summed E-state index contributed by atoms with van der Waals surface area (Å²) in [5.41, 5.74) is 0.637. The molecular weight excluding hydrogens is 339 g/mol. The molecule has 3 aromatic rings. The standard InChI is InChI=1S/C17H12F3NO2S/c1-9-14-10(18)5-4-8-13(14)24-15(9)16(22)21-11-6-2-3-7-12(11)23-17(19)20/h2-8,17H,1H3,(H,21,22). The van der Waals surface area contributed by atoms with Crippen molar-refractivity contribution < 1.29 is 22.7 Å². The number of para-hydroxylation sites is 2. The first-order chi connectivity index (χ1) is 11.5. The van der Waals surface area contributed by atoms with Gasteiger partial charge in [-0.05, 0) is 36.8 Å². The summed E-state index contributed by atoms with van der Waals surface area (Å²) in [5.74, 6) is -1.04. The molecule has 24 heavy (non-hydrogen) atoms. The number of fused-ring (bicyclic) bond motifs is 1. The molecule has 0 aliphatic carbocycles. The Balaban J connectivity index is 1.94. The zero-order chi connectivity index (χ0) is 17.3. The monoisotopic (exact) mass is 351 g/mol. The van der Waals surface area contributed by atoms with Crippen LogP contribution in [0.3, 0.4) is 0 Å². The highest BCUT2D eigenvalue weighted by molar-refractivity contribution is 7.21. The zero-order valence-corrected chi connectivity index (χ0v) is 13.3. The molecule has 0 bridgehead atoms. The lowest BCUT2D eigenvalue weighted by Crippen LogP contribution is -2.13. The molecule has 1 N–H and O–H groups in total. The van der Waals surface area contributed by atoms with Crippen LogP contribution in [-0.4, -0.2) is 12.5 Å². The van der Waals surface area contributed by atoms with Gasteiger partial charge in [-0.1, -0.05) is 18.2 Å². The number of anilines is 1. The van der Waals surface area contributed by atoms with Crippen LogP contribution < -0.4 is 10.1 Å². The molecule has 0 saturated heterocycles. The fourth-order valence-electron chi connectivity index (χ4n) is 2.42. The largest absolute Gasteiger partial charge is 0.433 e. The minimum atomic E-state index is -3.00. The van der Waals surface area contributed by atoms with E-state index in [1.165, 1.54) is 24.3 Å². The van der Waals surface area contributed by atoms with Gasteiger partial charge >= 0.3 is 6.61 Å². The number of benzene rings is 2. The molecule has 0 saturated carbocycles. The Labute approximate surface area is 139 Å². The Morgan fingerprint density at radius 3 is 2.62 bits per heavy atom. The van der Waals surface area contributed by atoms with Gasteiger partial charge < -0.3 is 10.1 Å². The number of aryl methyl sites for hydroxylation is 1. The lowest BCUT2D eigenvalue weighted by molar-refractivity contribution is -0.0493. The number of ether oxygens (including phenoxy) is 1. The van der Waals surface area contributed by atoms with Crippen LogP contribution in [-0.2, 0) is 0 Å². The van der Waals surface area contributed by atoms with Gasteiger partial charge in [-0.25, -0.2) is 4.39 Å². The third-order valence-corrected chi connectivity index (χ3v) is 4.72. The second kappa shape index (κ2) is 6.52. The van der Waals surface area contributed by atoms with Crippen molar-refractivity contribution in [3.05, 3.63) is 58.7 Å². The average molecular weight is 351 g/mol. The number of hydrogen-bond acceptors (Lipinski definition) is 3. The van der Waals surface area contributed by atoms with Crippen LogP contribution >= 0.6 is 11.3 Å². The molecule has 0 unspecified atom stereocenters. The van der Waals surface area contributed by atoms with Gasteiger partial charge in [-0.15, -0.1) is 11.3 Å². The second-order valence-electron chi connectivity index (χ2n) is 5.00. The van der Waals surface area contributed by atoms with Crippen LogP contribution in [0.4, 0.5) is 18.9 Å². The SMILES string of the molecule is Cc1c(C(=O)Nc2ccccc2OC(F)F)sc2cccc(F)c12. The van der Waals surface area contributed by atoms with Crippen LogP contribution in [0.1, 0.15) is 15.2 Å². The van der Waals surface area contributed by atoms with Crippen molar-refractivity contribution in [1.29, 1.82) is 0 Å². The van der Waals surface area contributed by atoms with E-state index in [1.54, 1.807) is 25.1 Å². The molecule has 0 spiro atoms. The van der Waals surface area contributed by atoms with E-state index in [0.717, 1.165) is 11.3 Å². The Hall–Kier alpha value is -2.54. The summed E-state index contributed by atoms with van der Waals surface area (Å²) in [7, 11) is 0. The Bertz CT molecular complexity index is 908. The first-order valence-corrected chi connectivity index (χ1v) is 7.82. The summed E-state index contributed by atoms with van der Waals surface area (Å²) < 4.78 is 43.8. The van der Waals surface area contributed by atoms with E-state index in [-0.39, 0.29) is 11.4 Å². The third-order valence-electron chi connectivity index (χ3n) is 3.46. The van der Waals surface area contributed by atoms with Crippen molar-refractivity contribution in [1.82, 2.24) is 0 Å². The minimum absolute atomic E-state index is 0.125. The van der Waals surface area contributed by atoms with Crippen molar-refractivity contribution in [2.45, 2.75) is 13.5 Å². The van der Waals surface area contributed by atoms with E-state index in [9.17, 15) is 18.0 Å². The first kappa shape index (κ1) is 16.3. The van der Waals surface area contributed by atoms with E-state index in [4.69, 9.17) is 0 Å². The smallest absolute Gasteiger partial charge is 0.387 e. The molecular formula is C17H12F3NO2S. The number of amides is 1. The van der Waals surface area contributed by atoms with E-state index in [0.29, 0.717) is 20.5 Å². The molecule has 0 aliphatic heterocycles. The van der Waals surface area contributed by atoms with E-state index < -0.39 is 18.3 Å². The van der Waals surface area contributed by atoms with Crippen LogP contribution in [0.25, 0.3) is 10.1 Å². The van der Waals surface area contributed by atoms with E-state index in [1.807, 2.05) is 0 Å². The molecule has 1 heterocycles. The summed E-state index contributed by atoms with van der Waals surface area (Å²) in [4.78, 5) is 12.8. The fourth-order valence-corrected chi connectivity index (χ4v) is 3.54. The minimum Gasteiger partial charge on any atom is -0.433 e. The molecule has 0 fully saturated rings. The maximum Gasteiger partial charge on any atom is 0.387 e. The highest BCUT2D eigenvalue weighted by Gasteiger charge is 2.19.